The van der Waals surface area contributed by atoms with Gasteiger partial charge in [-0.05, 0) is 51.1 Å². The second kappa shape index (κ2) is 7.98. The van der Waals surface area contributed by atoms with Gasteiger partial charge in [0, 0.05) is 18.7 Å². The summed E-state index contributed by atoms with van der Waals surface area (Å²) in [4.78, 5) is 13.8. The first-order chi connectivity index (χ1) is 8.15. The van der Waals surface area contributed by atoms with Crippen LogP contribution in [-0.4, -0.2) is 49.0 Å². The van der Waals surface area contributed by atoms with E-state index in [1.54, 1.807) is 7.05 Å². The van der Waals surface area contributed by atoms with Crippen LogP contribution in [0.3, 0.4) is 0 Å². The first-order valence-electron chi connectivity index (χ1n) is 6.61. The lowest BCUT2D eigenvalue weighted by Gasteiger charge is -2.32. The van der Waals surface area contributed by atoms with Gasteiger partial charge in [-0.3, -0.25) is 4.79 Å². The van der Waals surface area contributed by atoms with Crippen LogP contribution in [-0.2, 0) is 4.79 Å². The van der Waals surface area contributed by atoms with Crippen LogP contribution >= 0.6 is 11.8 Å². The number of amides is 1. The molecule has 17 heavy (non-hydrogen) atoms. The number of piperidine rings is 1. The normalized spacial score (nSPS) is 20.2. The number of hydrogen-bond acceptors (Lipinski definition) is 3. The maximum absolute atomic E-state index is 11.3. The predicted molar refractivity (Wildman–Crippen MR) is 75.4 cm³/mol. The van der Waals surface area contributed by atoms with Crippen molar-refractivity contribution in [1.29, 1.82) is 0 Å². The monoisotopic (exact) mass is 258 g/mol. The molecule has 0 aromatic rings. The minimum Gasteiger partial charge on any atom is -0.359 e. The lowest BCUT2D eigenvalue weighted by atomic mass is 9.93. The van der Waals surface area contributed by atoms with Crippen molar-refractivity contribution in [3.05, 3.63) is 0 Å². The molecule has 0 unspecified atom stereocenters. The third-order valence-corrected chi connectivity index (χ3v) is 4.75. The zero-order valence-corrected chi connectivity index (χ0v) is 12.2. The highest BCUT2D eigenvalue weighted by Gasteiger charge is 2.20. The fraction of sp³-hybridized carbons (Fsp3) is 0.923. The SMILES string of the molecule is CNC(=O)CC1CCN(CC[C@@H](C)SC)CC1. The van der Waals surface area contributed by atoms with Gasteiger partial charge in [-0.15, -0.1) is 0 Å². The molecule has 0 aromatic carbocycles. The van der Waals surface area contributed by atoms with Gasteiger partial charge in [0.1, 0.15) is 0 Å². The van der Waals surface area contributed by atoms with Crippen molar-refractivity contribution >= 4 is 17.7 Å². The summed E-state index contributed by atoms with van der Waals surface area (Å²) in [5.74, 6) is 0.795. The van der Waals surface area contributed by atoms with Crippen molar-refractivity contribution in [3.63, 3.8) is 0 Å². The van der Waals surface area contributed by atoms with Gasteiger partial charge in [0.15, 0.2) is 0 Å². The molecule has 1 aliphatic heterocycles. The van der Waals surface area contributed by atoms with Gasteiger partial charge in [0.2, 0.25) is 5.91 Å². The molecule has 1 saturated heterocycles. The number of nitrogens with zero attached hydrogens (tertiary/aromatic N) is 1. The fourth-order valence-electron chi connectivity index (χ4n) is 2.26. The summed E-state index contributed by atoms with van der Waals surface area (Å²) in [6, 6.07) is 0. The molecule has 1 aliphatic rings. The molecular formula is C13H26N2OS. The zero-order chi connectivity index (χ0) is 12.7. The maximum atomic E-state index is 11.3. The summed E-state index contributed by atoms with van der Waals surface area (Å²) in [5, 5.41) is 3.48. The smallest absolute Gasteiger partial charge is 0.220 e. The Morgan fingerprint density at radius 3 is 2.65 bits per heavy atom. The zero-order valence-electron chi connectivity index (χ0n) is 11.4. The molecule has 1 rings (SSSR count). The van der Waals surface area contributed by atoms with Crippen molar-refractivity contribution in [2.75, 3.05) is 32.9 Å². The Morgan fingerprint density at radius 2 is 2.12 bits per heavy atom. The molecule has 4 heteroatoms. The van der Waals surface area contributed by atoms with Crippen molar-refractivity contribution in [3.8, 4) is 0 Å². The number of carbonyl (C=O) groups is 1. The molecule has 1 heterocycles. The van der Waals surface area contributed by atoms with Gasteiger partial charge < -0.3 is 10.2 Å². The molecular weight excluding hydrogens is 232 g/mol. The van der Waals surface area contributed by atoms with Gasteiger partial charge in [0.05, 0.1) is 0 Å². The van der Waals surface area contributed by atoms with Crippen LogP contribution in [0.2, 0.25) is 0 Å². The molecule has 100 valence electrons. The number of hydrogen-bond donors (Lipinski definition) is 1. The number of nitrogens with one attached hydrogen (secondary N) is 1. The number of likely N-dealkylation sites (tertiary alicyclic amines) is 1. The summed E-state index contributed by atoms with van der Waals surface area (Å²) >= 11 is 1.95. The Hall–Kier alpha value is -0.220. The summed E-state index contributed by atoms with van der Waals surface area (Å²) in [7, 11) is 1.72. The van der Waals surface area contributed by atoms with Crippen LogP contribution in [0.25, 0.3) is 0 Å². The molecule has 1 fully saturated rings. The Labute approximate surface area is 110 Å². The standard InChI is InChI=1S/C13H26N2OS/c1-11(17-3)4-7-15-8-5-12(6-9-15)10-13(16)14-2/h11-12H,4-10H2,1-3H3,(H,14,16)/t11-/m1/s1. The van der Waals surface area contributed by atoms with Crippen LogP contribution in [0.5, 0.6) is 0 Å². The number of carbonyl (C=O) groups excluding carboxylic acids is 1. The minimum absolute atomic E-state index is 0.194. The molecule has 3 nitrogen and oxygen atoms in total. The van der Waals surface area contributed by atoms with Crippen molar-refractivity contribution in [2.45, 2.75) is 37.9 Å². The van der Waals surface area contributed by atoms with Gasteiger partial charge in [-0.25, -0.2) is 0 Å². The molecule has 0 spiro atoms. The van der Waals surface area contributed by atoms with E-state index in [9.17, 15) is 4.79 Å². The Kier molecular flexibility index (Phi) is 6.97. The van der Waals surface area contributed by atoms with Crippen LogP contribution in [0.1, 0.15) is 32.6 Å². The molecule has 1 N–H and O–H groups in total. The lowest BCUT2D eigenvalue weighted by Crippen LogP contribution is -2.36. The lowest BCUT2D eigenvalue weighted by molar-refractivity contribution is -0.121. The Bertz CT molecular complexity index is 227. The molecule has 0 saturated carbocycles. The predicted octanol–water partition coefficient (Wildman–Crippen LogP) is 1.98. The molecule has 0 aliphatic carbocycles. The van der Waals surface area contributed by atoms with Crippen LogP contribution in [0, 0.1) is 5.92 Å². The van der Waals surface area contributed by atoms with Crippen LogP contribution in [0.15, 0.2) is 0 Å². The van der Waals surface area contributed by atoms with E-state index < -0.39 is 0 Å². The molecule has 0 bridgehead atoms. The van der Waals surface area contributed by atoms with E-state index in [4.69, 9.17) is 0 Å². The second-order valence-electron chi connectivity index (χ2n) is 5.00. The van der Waals surface area contributed by atoms with Gasteiger partial charge in [-0.1, -0.05) is 6.92 Å². The first kappa shape index (κ1) is 14.8. The van der Waals surface area contributed by atoms with Gasteiger partial charge in [-0.2, -0.15) is 11.8 Å². The van der Waals surface area contributed by atoms with E-state index in [2.05, 4.69) is 23.4 Å². The fourth-order valence-corrected chi connectivity index (χ4v) is 2.60. The average Bonchev–Trinajstić information content (AvgIpc) is 2.37. The third-order valence-electron chi connectivity index (χ3n) is 3.71. The largest absolute Gasteiger partial charge is 0.359 e. The summed E-state index contributed by atoms with van der Waals surface area (Å²) < 4.78 is 0. The van der Waals surface area contributed by atoms with Crippen molar-refractivity contribution < 1.29 is 4.79 Å². The molecule has 0 aromatic heterocycles. The van der Waals surface area contributed by atoms with E-state index >= 15 is 0 Å². The Morgan fingerprint density at radius 1 is 1.47 bits per heavy atom. The second-order valence-corrected chi connectivity index (χ2v) is 6.27. The number of thioether (sulfide) groups is 1. The van der Waals surface area contributed by atoms with Crippen molar-refractivity contribution in [1.82, 2.24) is 10.2 Å². The van der Waals surface area contributed by atoms with Crippen LogP contribution in [0.4, 0.5) is 0 Å². The molecule has 1 atom stereocenters. The molecule has 1 amide bonds. The average molecular weight is 258 g/mol. The van der Waals surface area contributed by atoms with Crippen molar-refractivity contribution in [2.24, 2.45) is 5.92 Å². The highest BCUT2D eigenvalue weighted by molar-refractivity contribution is 7.99. The maximum Gasteiger partial charge on any atom is 0.220 e. The first-order valence-corrected chi connectivity index (χ1v) is 7.90. The number of rotatable bonds is 6. The molecule has 0 radical (unpaired) electrons. The van der Waals surface area contributed by atoms with Crippen LogP contribution < -0.4 is 5.32 Å². The van der Waals surface area contributed by atoms with Gasteiger partial charge in [0.25, 0.3) is 0 Å². The third kappa shape index (κ3) is 5.77. The summed E-state index contributed by atoms with van der Waals surface area (Å²) in [5.41, 5.74) is 0. The van der Waals surface area contributed by atoms with E-state index in [1.807, 2.05) is 11.8 Å². The highest BCUT2D eigenvalue weighted by atomic mass is 32.2. The topological polar surface area (TPSA) is 32.3 Å². The minimum atomic E-state index is 0.194. The van der Waals surface area contributed by atoms with E-state index in [1.165, 1.54) is 38.9 Å². The quantitative estimate of drug-likeness (QED) is 0.790. The van der Waals surface area contributed by atoms with E-state index in [0.717, 1.165) is 5.25 Å². The Balaban J connectivity index is 2.15. The van der Waals surface area contributed by atoms with Gasteiger partial charge >= 0.3 is 0 Å². The van der Waals surface area contributed by atoms with E-state index in [-0.39, 0.29) is 5.91 Å². The summed E-state index contributed by atoms with van der Waals surface area (Å²) in [6.07, 6.45) is 6.54. The highest BCUT2D eigenvalue weighted by Crippen LogP contribution is 2.21. The summed E-state index contributed by atoms with van der Waals surface area (Å²) in [6.45, 7) is 5.85. The van der Waals surface area contributed by atoms with E-state index in [0.29, 0.717) is 12.3 Å².